The van der Waals surface area contributed by atoms with Gasteiger partial charge >= 0.3 is 12.1 Å². The molecule has 1 unspecified atom stereocenters. The highest BCUT2D eigenvalue weighted by molar-refractivity contribution is 5.74. The van der Waals surface area contributed by atoms with E-state index in [1.807, 2.05) is 30.3 Å². The van der Waals surface area contributed by atoms with Crippen molar-refractivity contribution in [1.82, 2.24) is 10.3 Å². The predicted octanol–water partition coefficient (Wildman–Crippen LogP) is 3.89. The van der Waals surface area contributed by atoms with Crippen molar-refractivity contribution >= 4 is 23.2 Å². The average Bonchev–Trinajstić information content (AvgIpc) is 3.15. The molecular formula is C23H26N2O6. The van der Waals surface area contributed by atoms with Gasteiger partial charge in [-0.25, -0.2) is 9.78 Å². The molecule has 1 amide bonds. The fourth-order valence-corrected chi connectivity index (χ4v) is 2.91. The number of fused-ring (bicyclic) bond motifs is 1. The Kier molecular flexibility index (Phi) is 6.91. The third kappa shape index (κ3) is 6.55. The van der Waals surface area contributed by atoms with E-state index in [1.165, 1.54) is 0 Å². The van der Waals surface area contributed by atoms with E-state index in [0.29, 0.717) is 11.1 Å². The lowest BCUT2D eigenvalue weighted by molar-refractivity contribution is -0.156. The van der Waals surface area contributed by atoms with Crippen LogP contribution in [0, 0.1) is 0 Å². The molecule has 0 aliphatic heterocycles. The van der Waals surface area contributed by atoms with Crippen molar-refractivity contribution in [3.8, 4) is 0 Å². The molecule has 0 fully saturated rings. The van der Waals surface area contributed by atoms with Gasteiger partial charge in [-0.3, -0.25) is 4.79 Å². The maximum Gasteiger partial charge on any atom is 0.407 e. The molecule has 0 aliphatic carbocycles. The molecule has 31 heavy (non-hydrogen) atoms. The number of ether oxygens (including phenoxy) is 2. The van der Waals surface area contributed by atoms with Crippen molar-refractivity contribution in [2.24, 2.45) is 0 Å². The van der Waals surface area contributed by atoms with Gasteiger partial charge in [-0.15, -0.1) is 0 Å². The standard InChI is InChI=1S/C23H26N2O6/c1-23(2,3)31-19(26)13-17(25-22(28)29-14-15-9-5-4-6-10-15)20(27)21-24-16-11-7-8-12-18(16)30-21/h4-12,17,20,27H,13-14H2,1-3H3,(H,25,28)/t17-,20?/m0/s1. The first-order valence-corrected chi connectivity index (χ1v) is 9.94. The topological polar surface area (TPSA) is 111 Å². The summed E-state index contributed by atoms with van der Waals surface area (Å²) in [5.74, 6) is -0.603. The fourth-order valence-electron chi connectivity index (χ4n) is 2.91. The molecule has 2 N–H and O–H groups in total. The zero-order valence-electron chi connectivity index (χ0n) is 17.7. The summed E-state index contributed by atoms with van der Waals surface area (Å²) in [5.41, 5.74) is 1.14. The average molecular weight is 426 g/mol. The van der Waals surface area contributed by atoms with Crippen molar-refractivity contribution < 1.29 is 28.6 Å². The number of carbonyl (C=O) groups excluding carboxylic acids is 2. The molecule has 8 nitrogen and oxygen atoms in total. The number of nitrogens with zero attached hydrogens (tertiary/aromatic N) is 1. The highest BCUT2D eigenvalue weighted by Crippen LogP contribution is 2.24. The molecule has 0 aliphatic rings. The van der Waals surface area contributed by atoms with E-state index in [1.54, 1.807) is 45.0 Å². The number of aliphatic hydroxyl groups is 1. The summed E-state index contributed by atoms with van der Waals surface area (Å²) in [4.78, 5) is 29.0. The summed E-state index contributed by atoms with van der Waals surface area (Å²) in [6.45, 7) is 5.25. The minimum Gasteiger partial charge on any atom is -0.460 e. The van der Waals surface area contributed by atoms with Gasteiger partial charge in [0.1, 0.15) is 17.7 Å². The van der Waals surface area contributed by atoms with Gasteiger partial charge in [0.2, 0.25) is 5.89 Å². The Bertz CT molecular complexity index is 992. The number of benzene rings is 2. The Morgan fingerprint density at radius 1 is 1.10 bits per heavy atom. The van der Waals surface area contributed by atoms with Gasteiger partial charge in [0.15, 0.2) is 11.7 Å². The second kappa shape index (κ2) is 9.61. The van der Waals surface area contributed by atoms with Gasteiger partial charge in [-0.1, -0.05) is 42.5 Å². The van der Waals surface area contributed by atoms with E-state index in [0.717, 1.165) is 5.56 Å². The lowest BCUT2D eigenvalue weighted by Crippen LogP contribution is -2.42. The number of hydrogen-bond acceptors (Lipinski definition) is 7. The number of nitrogens with one attached hydrogen (secondary N) is 1. The summed E-state index contributed by atoms with van der Waals surface area (Å²) in [6, 6.07) is 15.1. The van der Waals surface area contributed by atoms with E-state index in [2.05, 4.69) is 10.3 Å². The highest BCUT2D eigenvalue weighted by atomic mass is 16.6. The predicted molar refractivity (Wildman–Crippen MR) is 113 cm³/mol. The van der Waals surface area contributed by atoms with Crippen LogP contribution in [0.25, 0.3) is 11.1 Å². The summed E-state index contributed by atoms with van der Waals surface area (Å²) in [5, 5.41) is 13.4. The van der Waals surface area contributed by atoms with Crippen molar-refractivity contribution in [2.45, 2.75) is 51.5 Å². The number of carbonyl (C=O) groups is 2. The second-order valence-electron chi connectivity index (χ2n) is 8.07. The minimum atomic E-state index is -1.39. The molecule has 0 radical (unpaired) electrons. The van der Waals surface area contributed by atoms with Crippen LogP contribution in [-0.4, -0.2) is 33.8 Å². The van der Waals surface area contributed by atoms with Crippen molar-refractivity contribution in [3.05, 3.63) is 66.1 Å². The third-order valence-corrected chi connectivity index (χ3v) is 4.27. The quantitative estimate of drug-likeness (QED) is 0.551. The van der Waals surface area contributed by atoms with E-state index in [9.17, 15) is 14.7 Å². The number of aromatic nitrogens is 1. The molecular weight excluding hydrogens is 400 g/mol. The molecule has 0 saturated carbocycles. The lowest BCUT2D eigenvalue weighted by Gasteiger charge is -2.24. The van der Waals surface area contributed by atoms with Crippen LogP contribution in [0.5, 0.6) is 0 Å². The van der Waals surface area contributed by atoms with Crippen LogP contribution >= 0.6 is 0 Å². The van der Waals surface area contributed by atoms with Crippen LogP contribution in [0.2, 0.25) is 0 Å². The zero-order valence-corrected chi connectivity index (χ0v) is 17.7. The number of alkyl carbamates (subject to hydrolysis) is 1. The van der Waals surface area contributed by atoms with Crippen LogP contribution in [0.3, 0.4) is 0 Å². The number of aliphatic hydroxyl groups excluding tert-OH is 1. The van der Waals surface area contributed by atoms with Gasteiger partial charge in [0.25, 0.3) is 0 Å². The monoisotopic (exact) mass is 426 g/mol. The van der Waals surface area contributed by atoms with Crippen LogP contribution in [0.1, 0.15) is 44.8 Å². The summed E-state index contributed by atoms with van der Waals surface area (Å²) in [7, 11) is 0. The SMILES string of the molecule is CC(C)(C)OC(=O)C[C@H](NC(=O)OCc1ccccc1)C(O)c1nc2ccccc2o1. The van der Waals surface area contributed by atoms with Gasteiger partial charge in [0.05, 0.1) is 12.5 Å². The Labute approximate surface area is 180 Å². The number of amides is 1. The van der Waals surface area contributed by atoms with E-state index < -0.39 is 29.8 Å². The maximum atomic E-state index is 12.4. The molecule has 0 saturated heterocycles. The van der Waals surface area contributed by atoms with Gasteiger partial charge in [0, 0.05) is 0 Å². The van der Waals surface area contributed by atoms with Crippen molar-refractivity contribution in [3.63, 3.8) is 0 Å². The molecule has 0 bridgehead atoms. The smallest absolute Gasteiger partial charge is 0.407 e. The van der Waals surface area contributed by atoms with Crippen molar-refractivity contribution in [1.29, 1.82) is 0 Å². The Morgan fingerprint density at radius 2 is 1.77 bits per heavy atom. The summed E-state index contributed by atoms with van der Waals surface area (Å²) in [6.07, 6.45) is -2.46. The highest BCUT2D eigenvalue weighted by Gasteiger charge is 2.31. The Morgan fingerprint density at radius 3 is 2.45 bits per heavy atom. The number of oxazole rings is 1. The second-order valence-corrected chi connectivity index (χ2v) is 8.07. The number of para-hydroxylation sites is 2. The van der Waals surface area contributed by atoms with Gasteiger partial charge in [-0.05, 0) is 38.5 Å². The number of hydrogen-bond donors (Lipinski definition) is 2. The minimum absolute atomic E-state index is 0.0156. The van der Waals surface area contributed by atoms with Gasteiger partial charge in [-0.2, -0.15) is 0 Å². The van der Waals surface area contributed by atoms with Crippen LogP contribution < -0.4 is 5.32 Å². The Balaban J connectivity index is 1.73. The summed E-state index contributed by atoms with van der Waals surface area (Å²) < 4.78 is 16.2. The number of rotatable bonds is 7. The molecule has 2 atom stereocenters. The van der Waals surface area contributed by atoms with Crippen LogP contribution in [-0.2, 0) is 20.9 Å². The number of esters is 1. The Hall–Kier alpha value is -3.39. The third-order valence-electron chi connectivity index (χ3n) is 4.27. The van der Waals surface area contributed by atoms with Crippen LogP contribution in [0.15, 0.2) is 59.0 Å². The molecule has 1 heterocycles. The summed E-state index contributed by atoms with van der Waals surface area (Å²) >= 11 is 0. The first kappa shape index (κ1) is 22.3. The molecule has 164 valence electrons. The largest absolute Gasteiger partial charge is 0.460 e. The van der Waals surface area contributed by atoms with Gasteiger partial charge < -0.3 is 24.3 Å². The molecule has 8 heteroatoms. The van der Waals surface area contributed by atoms with Crippen LogP contribution in [0.4, 0.5) is 4.79 Å². The fraction of sp³-hybridized carbons (Fsp3) is 0.348. The van der Waals surface area contributed by atoms with E-state index >= 15 is 0 Å². The zero-order chi connectivity index (χ0) is 22.4. The first-order chi connectivity index (χ1) is 14.7. The first-order valence-electron chi connectivity index (χ1n) is 9.94. The molecule has 3 aromatic rings. The molecule has 0 spiro atoms. The maximum absolute atomic E-state index is 12.4. The lowest BCUT2D eigenvalue weighted by atomic mass is 10.1. The molecule has 3 rings (SSSR count). The molecule has 1 aromatic heterocycles. The molecule has 2 aromatic carbocycles. The van der Waals surface area contributed by atoms with E-state index in [-0.39, 0.29) is 18.9 Å². The van der Waals surface area contributed by atoms with Crippen molar-refractivity contribution in [2.75, 3.05) is 0 Å². The normalized spacial score (nSPS) is 13.4. The van der Waals surface area contributed by atoms with E-state index in [4.69, 9.17) is 13.9 Å².